The van der Waals surface area contributed by atoms with E-state index < -0.39 is 24.0 Å². The van der Waals surface area contributed by atoms with Gasteiger partial charge in [-0.2, -0.15) is 0 Å². The summed E-state index contributed by atoms with van der Waals surface area (Å²) in [7, 11) is 0. The summed E-state index contributed by atoms with van der Waals surface area (Å²) in [5.41, 5.74) is 3.98. The van der Waals surface area contributed by atoms with Crippen LogP contribution in [-0.2, 0) is 33.6 Å². The maximum Gasteiger partial charge on any atom is 0.321 e. The number of hydrogen-bond acceptors (Lipinski definition) is 4. The lowest BCUT2D eigenvalue weighted by molar-refractivity contribution is -0.155. The summed E-state index contributed by atoms with van der Waals surface area (Å²) < 4.78 is 5.47. The molecular weight excluding hydrogens is 356 g/mol. The minimum absolute atomic E-state index is 0.0745. The number of aryl methyl sites for hydroxylation is 2. The minimum Gasteiger partial charge on any atom is -0.447 e. The Morgan fingerprint density at radius 3 is 2.54 bits per heavy atom. The standard InChI is InChI=1S/C22H24N2O4/c1-2-23-22(27)24-21(26)20(17-7-4-3-5-8-17)28-19(25)14-15-11-12-16-9-6-10-18(16)13-15/h3-5,7-8,11-13,20H,2,6,9-10,14H2,1H3,(H2,23,24,26,27)/t20-/m0/s1. The van der Waals surface area contributed by atoms with E-state index in [1.807, 2.05) is 12.1 Å². The van der Waals surface area contributed by atoms with Gasteiger partial charge < -0.3 is 10.1 Å². The van der Waals surface area contributed by atoms with Crippen LogP contribution in [0.5, 0.6) is 0 Å². The second kappa shape index (κ2) is 9.17. The molecule has 0 bridgehead atoms. The first-order chi connectivity index (χ1) is 13.6. The Morgan fingerprint density at radius 1 is 1.04 bits per heavy atom. The van der Waals surface area contributed by atoms with Gasteiger partial charge in [0.1, 0.15) is 0 Å². The quantitative estimate of drug-likeness (QED) is 0.755. The summed E-state index contributed by atoms with van der Waals surface area (Å²) in [6.07, 6.45) is 2.13. The number of imide groups is 1. The molecule has 3 rings (SSSR count). The predicted molar refractivity (Wildman–Crippen MR) is 105 cm³/mol. The van der Waals surface area contributed by atoms with E-state index in [9.17, 15) is 14.4 Å². The van der Waals surface area contributed by atoms with Crippen LogP contribution in [0.25, 0.3) is 0 Å². The molecular formula is C22H24N2O4. The van der Waals surface area contributed by atoms with E-state index in [0.717, 1.165) is 24.8 Å². The van der Waals surface area contributed by atoms with Crippen molar-refractivity contribution in [3.05, 3.63) is 70.8 Å². The molecule has 0 fully saturated rings. The number of amides is 3. The molecule has 0 saturated carbocycles. The van der Waals surface area contributed by atoms with Crippen molar-refractivity contribution in [1.29, 1.82) is 0 Å². The van der Waals surface area contributed by atoms with Crippen LogP contribution in [0.3, 0.4) is 0 Å². The van der Waals surface area contributed by atoms with Crippen molar-refractivity contribution in [2.24, 2.45) is 0 Å². The lowest BCUT2D eigenvalue weighted by Gasteiger charge is -2.18. The van der Waals surface area contributed by atoms with Crippen LogP contribution in [-0.4, -0.2) is 24.5 Å². The maximum absolute atomic E-state index is 12.5. The molecule has 2 aromatic carbocycles. The van der Waals surface area contributed by atoms with Gasteiger partial charge in [-0.1, -0.05) is 48.5 Å². The number of urea groups is 1. The van der Waals surface area contributed by atoms with Crippen LogP contribution in [0.4, 0.5) is 4.79 Å². The molecule has 0 aromatic heterocycles. The number of esters is 1. The zero-order chi connectivity index (χ0) is 19.9. The van der Waals surface area contributed by atoms with Gasteiger partial charge in [0, 0.05) is 12.1 Å². The van der Waals surface area contributed by atoms with Crippen LogP contribution >= 0.6 is 0 Å². The van der Waals surface area contributed by atoms with Crippen LogP contribution in [0.2, 0.25) is 0 Å². The Bertz CT molecular complexity index is 864. The van der Waals surface area contributed by atoms with E-state index in [2.05, 4.69) is 16.7 Å². The van der Waals surface area contributed by atoms with Crippen LogP contribution in [0.1, 0.15) is 41.7 Å². The molecule has 2 N–H and O–H groups in total. The summed E-state index contributed by atoms with van der Waals surface area (Å²) in [6, 6.07) is 14.1. The normalized spacial score (nSPS) is 13.3. The molecule has 2 aromatic rings. The van der Waals surface area contributed by atoms with E-state index in [1.165, 1.54) is 11.1 Å². The highest BCUT2D eigenvalue weighted by molar-refractivity contribution is 5.97. The van der Waals surface area contributed by atoms with Crippen LogP contribution in [0.15, 0.2) is 48.5 Å². The molecule has 6 heteroatoms. The van der Waals surface area contributed by atoms with Crippen molar-refractivity contribution < 1.29 is 19.1 Å². The Labute approximate surface area is 164 Å². The third-order valence-corrected chi connectivity index (χ3v) is 4.68. The largest absolute Gasteiger partial charge is 0.447 e. The smallest absolute Gasteiger partial charge is 0.321 e. The summed E-state index contributed by atoms with van der Waals surface area (Å²) in [5.74, 6) is -1.20. The van der Waals surface area contributed by atoms with Crippen molar-refractivity contribution in [3.8, 4) is 0 Å². The molecule has 0 spiro atoms. The van der Waals surface area contributed by atoms with Crippen molar-refractivity contribution in [1.82, 2.24) is 10.6 Å². The lowest BCUT2D eigenvalue weighted by Crippen LogP contribution is -2.42. The summed E-state index contributed by atoms with van der Waals surface area (Å²) in [5, 5.41) is 4.70. The second-order valence-corrected chi connectivity index (χ2v) is 6.76. The van der Waals surface area contributed by atoms with Gasteiger partial charge in [-0.05, 0) is 42.9 Å². The fourth-order valence-corrected chi connectivity index (χ4v) is 3.36. The molecule has 0 radical (unpaired) electrons. The monoisotopic (exact) mass is 380 g/mol. The molecule has 3 amide bonds. The average Bonchev–Trinajstić information content (AvgIpc) is 3.14. The Balaban J connectivity index is 1.70. The summed E-state index contributed by atoms with van der Waals surface area (Å²) in [6.45, 7) is 2.13. The zero-order valence-electron chi connectivity index (χ0n) is 15.9. The first-order valence-electron chi connectivity index (χ1n) is 9.50. The Hall–Kier alpha value is -3.15. The number of fused-ring (bicyclic) bond motifs is 1. The van der Waals surface area contributed by atoms with E-state index in [0.29, 0.717) is 12.1 Å². The number of carbonyl (C=O) groups excluding carboxylic acids is 3. The van der Waals surface area contributed by atoms with E-state index in [1.54, 1.807) is 37.3 Å². The number of benzene rings is 2. The van der Waals surface area contributed by atoms with Gasteiger partial charge in [0.25, 0.3) is 5.91 Å². The van der Waals surface area contributed by atoms with Gasteiger partial charge in [0.2, 0.25) is 6.10 Å². The maximum atomic E-state index is 12.5. The van der Waals surface area contributed by atoms with Gasteiger partial charge in [-0.25, -0.2) is 4.79 Å². The lowest BCUT2D eigenvalue weighted by atomic mass is 10.0. The molecule has 0 aliphatic heterocycles. The highest BCUT2D eigenvalue weighted by Gasteiger charge is 2.26. The van der Waals surface area contributed by atoms with E-state index in [-0.39, 0.29) is 6.42 Å². The van der Waals surface area contributed by atoms with Crippen molar-refractivity contribution in [2.75, 3.05) is 6.54 Å². The fraction of sp³-hybridized carbons (Fsp3) is 0.318. The summed E-state index contributed by atoms with van der Waals surface area (Å²) >= 11 is 0. The van der Waals surface area contributed by atoms with Gasteiger partial charge >= 0.3 is 12.0 Å². The van der Waals surface area contributed by atoms with Gasteiger partial charge in [0.15, 0.2) is 0 Å². The molecule has 6 nitrogen and oxygen atoms in total. The molecule has 1 aliphatic rings. The number of hydrogen-bond donors (Lipinski definition) is 2. The molecule has 1 aliphatic carbocycles. The third-order valence-electron chi connectivity index (χ3n) is 4.68. The molecule has 28 heavy (non-hydrogen) atoms. The number of carbonyl (C=O) groups is 3. The second-order valence-electron chi connectivity index (χ2n) is 6.76. The molecule has 1 atom stereocenters. The molecule has 146 valence electrons. The number of rotatable bonds is 6. The number of nitrogens with one attached hydrogen (secondary N) is 2. The highest BCUT2D eigenvalue weighted by atomic mass is 16.5. The topological polar surface area (TPSA) is 84.5 Å². The van der Waals surface area contributed by atoms with Gasteiger partial charge in [-0.15, -0.1) is 0 Å². The van der Waals surface area contributed by atoms with E-state index in [4.69, 9.17) is 4.74 Å². The zero-order valence-corrected chi connectivity index (χ0v) is 15.9. The van der Waals surface area contributed by atoms with Crippen molar-refractivity contribution in [3.63, 3.8) is 0 Å². The Kier molecular flexibility index (Phi) is 6.42. The van der Waals surface area contributed by atoms with Crippen molar-refractivity contribution in [2.45, 2.75) is 38.7 Å². The summed E-state index contributed by atoms with van der Waals surface area (Å²) in [4.78, 5) is 36.7. The Morgan fingerprint density at radius 2 is 1.79 bits per heavy atom. The minimum atomic E-state index is -1.19. The third kappa shape index (κ3) is 4.97. The van der Waals surface area contributed by atoms with E-state index >= 15 is 0 Å². The molecule has 0 heterocycles. The van der Waals surface area contributed by atoms with Crippen LogP contribution in [0, 0.1) is 0 Å². The average molecular weight is 380 g/mol. The fourth-order valence-electron chi connectivity index (χ4n) is 3.36. The molecule has 0 unspecified atom stereocenters. The SMILES string of the molecule is CCNC(=O)NC(=O)[C@@H](OC(=O)Cc1ccc2c(c1)CCC2)c1ccccc1. The first-order valence-corrected chi connectivity index (χ1v) is 9.50. The molecule has 0 saturated heterocycles. The highest BCUT2D eigenvalue weighted by Crippen LogP contribution is 2.24. The predicted octanol–water partition coefficient (Wildman–Crippen LogP) is 2.85. The van der Waals surface area contributed by atoms with Gasteiger partial charge in [0.05, 0.1) is 6.42 Å². The van der Waals surface area contributed by atoms with Gasteiger partial charge in [-0.3, -0.25) is 14.9 Å². The van der Waals surface area contributed by atoms with Crippen LogP contribution < -0.4 is 10.6 Å². The first kappa shape index (κ1) is 19.6. The number of ether oxygens (including phenoxy) is 1. The van der Waals surface area contributed by atoms with Crippen molar-refractivity contribution >= 4 is 17.9 Å².